The lowest BCUT2D eigenvalue weighted by molar-refractivity contribution is 0.116. The standard InChI is InChI=1S/C7H13NO4/c1-2-12-7(10)8-5-3-11-4-6(5)9/h5-6,9H,2-4H2,1H3,(H,8,10)/t5-,6-/m1/s1. The minimum absolute atomic E-state index is 0.275. The van der Waals surface area contributed by atoms with Crippen LogP contribution in [0.1, 0.15) is 6.92 Å². The fourth-order valence-electron chi connectivity index (χ4n) is 1.00. The Bertz CT molecular complexity index is 161. The van der Waals surface area contributed by atoms with Crippen molar-refractivity contribution in [1.29, 1.82) is 0 Å². The zero-order valence-corrected chi connectivity index (χ0v) is 6.95. The molecule has 0 aromatic rings. The molecule has 0 saturated carbocycles. The van der Waals surface area contributed by atoms with Gasteiger partial charge in [0.25, 0.3) is 0 Å². The molecule has 1 saturated heterocycles. The molecule has 0 aromatic carbocycles. The largest absolute Gasteiger partial charge is 0.450 e. The summed E-state index contributed by atoms with van der Waals surface area (Å²) in [6, 6.07) is -0.330. The topological polar surface area (TPSA) is 67.8 Å². The molecule has 0 aromatic heterocycles. The van der Waals surface area contributed by atoms with Gasteiger partial charge < -0.3 is 19.9 Å². The second-order valence-corrected chi connectivity index (χ2v) is 2.58. The van der Waals surface area contributed by atoms with Gasteiger partial charge in [0.15, 0.2) is 0 Å². The Morgan fingerprint density at radius 3 is 3.00 bits per heavy atom. The number of amides is 1. The van der Waals surface area contributed by atoms with E-state index < -0.39 is 12.2 Å². The molecule has 1 amide bonds. The number of hydrogen-bond donors (Lipinski definition) is 2. The van der Waals surface area contributed by atoms with Crippen LogP contribution in [0.4, 0.5) is 4.79 Å². The van der Waals surface area contributed by atoms with Gasteiger partial charge in [-0.2, -0.15) is 0 Å². The van der Waals surface area contributed by atoms with E-state index in [9.17, 15) is 9.90 Å². The summed E-state index contributed by atoms with van der Waals surface area (Å²) in [4.78, 5) is 10.8. The fraction of sp³-hybridized carbons (Fsp3) is 0.857. The van der Waals surface area contributed by atoms with Crippen LogP contribution in [0.5, 0.6) is 0 Å². The van der Waals surface area contributed by atoms with Crippen molar-refractivity contribution in [3.63, 3.8) is 0 Å². The van der Waals surface area contributed by atoms with E-state index in [0.717, 1.165) is 0 Å². The third-order valence-corrected chi connectivity index (χ3v) is 1.63. The summed E-state index contributed by atoms with van der Waals surface area (Å²) in [7, 11) is 0. The van der Waals surface area contributed by atoms with Crippen LogP contribution in [0.3, 0.4) is 0 Å². The number of carbonyl (C=O) groups excluding carboxylic acids is 1. The van der Waals surface area contributed by atoms with Crippen LogP contribution in [0.2, 0.25) is 0 Å². The van der Waals surface area contributed by atoms with E-state index >= 15 is 0 Å². The molecule has 0 spiro atoms. The van der Waals surface area contributed by atoms with Crippen LogP contribution >= 0.6 is 0 Å². The lowest BCUT2D eigenvalue weighted by atomic mass is 10.2. The average Bonchev–Trinajstić information content (AvgIpc) is 2.37. The first-order chi connectivity index (χ1) is 5.74. The number of carbonyl (C=O) groups is 1. The van der Waals surface area contributed by atoms with Crippen molar-refractivity contribution >= 4 is 6.09 Å². The molecule has 1 fully saturated rings. The second-order valence-electron chi connectivity index (χ2n) is 2.58. The molecule has 2 N–H and O–H groups in total. The van der Waals surface area contributed by atoms with Crippen molar-refractivity contribution in [1.82, 2.24) is 5.32 Å². The quantitative estimate of drug-likeness (QED) is 0.593. The number of aliphatic hydroxyl groups excluding tert-OH is 1. The van der Waals surface area contributed by atoms with Crippen LogP contribution in [0, 0.1) is 0 Å². The maximum Gasteiger partial charge on any atom is 0.407 e. The highest BCUT2D eigenvalue weighted by Crippen LogP contribution is 2.04. The summed E-state index contributed by atoms with van der Waals surface area (Å²) in [5.74, 6) is 0. The molecule has 70 valence electrons. The number of hydrogen-bond acceptors (Lipinski definition) is 4. The van der Waals surface area contributed by atoms with Crippen molar-refractivity contribution < 1.29 is 19.4 Å². The van der Waals surface area contributed by atoms with Gasteiger partial charge in [0.1, 0.15) is 0 Å². The Hall–Kier alpha value is -0.810. The first kappa shape index (κ1) is 9.28. The molecule has 0 unspecified atom stereocenters. The summed E-state index contributed by atoms with van der Waals surface area (Å²) in [5, 5.41) is 11.7. The number of ether oxygens (including phenoxy) is 2. The van der Waals surface area contributed by atoms with E-state index in [1.54, 1.807) is 6.92 Å². The van der Waals surface area contributed by atoms with Crippen molar-refractivity contribution in [2.24, 2.45) is 0 Å². The summed E-state index contributed by atoms with van der Waals surface area (Å²) < 4.78 is 9.56. The lowest BCUT2D eigenvalue weighted by Crippen LogP contribution is -2.42. The van der Waals surface area contributed by atoms with Crippen molar-refractivity contribution in [3.05, 3.63) is 0 Å². The predicted molar refractivity (Wildman–Crippen MR) is 40.8 cm³/mol. The second kappa shape index (κ2) is 4.27. The molecule has 1 aliphatic heterocycles. The molecular formula is C7H13NO4. The number of nitrogens with one attached hydrogen (secondary N) is 1. The van der Waals surface area contributed by atoms with Crippen molar-refractivity contribution in [2.75, 3.05) is 19.8 Å². The normalized spacial score (nSPS) is 28.5. The highest BCUT2D eigenvalue weighted by molar-refractivity contribution is 5.67. The number of aliphatic hydroxyl groups is 1. The van der Waals surface area contributed by atoms with Gasteiger partial charge in [0.05, 0.1) is 32.0 Å². The average molecular weight is 175 g/mol. The van der Waals surface area contributed by atoms with Crippen LogP contribution in [-0.2, 0) is 9.47 Å². The minimum atomic E-state index is -0.616. The fourth-order valence-corrected chi connectivity index (χ4v) is 1.00. The molecule has 1 rings (SSSR count). The zero-order chi connectivity index (χ0) is 8.97. The van der Waals surface area contributed by atoms with Gasteiger partial charge in [-0.25, -0.2) is 4.79 Å². The summed E-state index contributed by atoms with van der Waals surface area (Å²) in [6.45, 7) is 2.67. The molecule has 0 bridgehead atoms. The molecule has 12 heavy (non-hydrogen) atoms. The Kier molecular flexibility index (Phi) is 3.31. The molecule has 2 atom stereocenters. The van der Waals surface area contributed by atoms with Gasteiger partial charge in [-0.15, -0.1) is 0 Å². The van der Waals surface area contributed by atoms with E-state index in [-0.39, 0.29) is 12.6 Å². The van der Waals surface area contributed by atoms with Gasteiger partial charge in [0, 0.05) is 0 Å². The first-order valence-electron chi connectivity index (χ1n) is 3.93. The monoisotopic (exact) mass is 175 g/mol. The van der Waals surface area contributed by atoms with Gasteiger partial charge in [-0.3, -0.25) is 0 Å². The Balaban J connectivity index is 2.25. The molecule has 0 aliphatic carbocycles. The molecular weight excluding hydrogens is 162 g/mol. The first-order valence-corrected chi connectivity index (χ1v) is 3.93. The summed E-state index contributed by atoms with van der Waals surface area (Å²) in [6.07, 6.45) is -1.12. The SMILES string of the molecule is CCOC(=O)N[C@@H]1COC[C@H]1O. The molecule has 5 heteroatoms. The van der Waals surface area contributed by atoms with Crippen molar-refractivity contribution in [2.45, 2.75) is 19.1 Å². The van der Waals surface area contributed by atoms with Gasteiger partial charge in [-0.1, -0.05) is 0 Å². The van der Waals surface area contributed by atoms with E-state index in [4.69, 9.17) is 4.74 Å². The Morgan fingerprint density at radius 1 is 1.75 bits per heavy atom. The van der Waals surface area contributed by atoms with Crippen LogP contribution in [-0.4, -0.2) is 43.2 Å². The van der Waals surface area contributed by atoms with E-state index in [2.05, 4.69) is 10.1 Å². The molecule has 5 nitrogen and oxygen atoms in total. The number of rotatable bonds is 2. The Morgan fingerprint density at radius 2 is 2.50 bits per heavy atom. The molecule has 1 aliphatic rings. The molecule has 1 heterocycles. The maximum atomic E-state index is 10.8. The Labute approximate surface area is 70.7 Å². The highest BCUT2D eigenvalue weighted by Gasteiger charge is 2.27. The van der Waals surface area contributed by atoms with E-state index in [1.807, 2.05) is 0 Å². The van der Waals surface area contributed by atoms with E-state index in [1.165, 1.54) is 0 Å². The van der Waals surface area contributed by atoms with Crippen molar-refractivity contribution in [3.8, 4) is 0 Å². The highest BCUT2D eigenvalue weighted by atomic mass is 16.5. The lowest BCUT2D eigenvalue weighted by Gasteiger charge is -2.13. The van der Waals surface area contributed by atoms with Crippen LogP contribution < -0.4 is 5.32 Å². The minimum Gasteiger partial charge on any atom is -0.450 e. The van der Waals surface area contributed by atoms with Gasteiger partial charge in [-0.05, 0) is 6.92 Å². The van der Waals surface area contributed by atoms with E-state index in [0.29, 0.717) is 13.2 Å². The maximum absolute atomic E-state index is 10.8. The predicted octanol–water partition coefficient (Wildman–Crippen LogP) is -0.508. The third-order valence-electron chi connectivity index (χ3n) is 1.63. The summed E-state index contributed by atoms with van der Waals surface area (Å²) >= 11 is 0. The van der Waals surface area contributed by atoms with Crippen LogP contribution in [0.25, 0.3) is 0 Å². The molecule has 0 radical (unpaired) electrons. The summed E-state index contributed by atoms with van der Waals surface area (Å²) in [5.41, 5.74) is 0. The smallest absolute Gasteiger partial charge is 0.407 e. The number of alkyl carbamates (subject to hydrolysis) is 1. The van der Waals surface area contributed by atoms with Gasteiger partial charge >= 0.3 is 6.09 Å². The van der Waals surface area contributed by atoms with Crippen LogP contribution in [0.15, 0.2) is 0 Å². The van der Waals surface area contributed by atoms with Gasteiger partial charge in [0.2, 0.25) is 0 Å². The third kappa shape index (κ3) is 2.35. The zero-order valence-electron chi connectivity index (χ0n) is 6.95.